The molecule has 1 aliphatic rings. The highest BCUT2D eigenvalue weighted by Crippen LogP contribution is 2.31. The van der Waals surface area contributed by atoms with E-state index in [-0.39, 0.29) is 24.2 Å². The number of thioether (sulfide) groups is 1. The minimum Gasteiger partial charge on any atom is -0.319 e. The van der Waals surface area contributed by atoms with Gasteiger partial charge in [0.1, 0.15) is 6.17 Å². The molecule has 1 N–H and O–H groups in total. The second kappa shape index (κ2) is 6.84. The molecular formula is C17H26N2OS. The maximum Gasteiger partial charge on any atom is 0.241 e. The van der Waals surface area contributed by atoms with E-state index in [1.54, 1.807) is 11.8 Å². The van der Waals surface area contributed by atoms with Gasteiger partial charge in [-0.15, -0.1) is 11.8 Å². The fraction of sp³-hybridized carbons (Fsp3) is 0.588. The van der Waals surface area contributed by atoms with Crippen molar-refractivity contribution in [1.29, 1.82) is 0 Å². The van der Waals surface area contributed by atoms with Crippen LogP contribution in [-0.2, 0) is 4.79 Å². The molecule has 4 atom stereocenters. The van der Waals surface area contributed by atoms with Crippen LogP contribution in [0.1, 0.15) is 45.8 Å². The van der Waals surface area contributed by atoms with Gasteiger partial charge in [-0.25, -0.2) is 0 Å². The summed E-state index contributed by atoms with van der Waals surface area (Å²) in [7, 11) is 0. The van der Waals surface area contributed by atoms with Crippen LogP contribution >= 0.6 is 11.8 Å². The van der Waals surface area contributed by atoms with Crippen molar-refractivity contribution in [1.82, 2.24) is 10.2 Å². The maximum absolute atomic E-state index is 12.5. The van der Waals surface area contributed by atoms with Crippen LogP contribution in [0.4, 0.5) is 0 Å². The molecule has 4 heteroatoms. The lowest BCUT2D eigenvalue weighted by molar-refractivity contribution is -0.132. The lowest BCUT2D eigenvalue weighted by atomic mass is 9.98. The van der Waals surface area contributed by atoms with Gasteiger partial charge in [0.15, 0.2) is 0 Å². The first kappa shape index (κ1) is 16.4. The molecule has 0 radical (unpaired) electrons. The fourth-order valence-electron chi connectivity index (χ4n) is 2.83. The van der Waals surface area contributed by atoms with Crippen LogP contribution in [0.3, 0.4) is 0 Å². The van der Waals surface area contributed by atoms with Crippen LogP contribution in [0.15, 0.2) is 29.2 Å². The van der Waals surface area contributed by atoms with Crippen molar-refractivity contribution in [3.05, 3.63) is 29.8 Å². The summed E-state index contributed by atoms with van der Waals surface area (Å²) in [5.74, 6) is 0.704. The smallest absolute Gasteiger partial charge is 0.241 e. The average molecular weight is 306 g/mol. The summed E-state index contributed by atoms with van der Waals surface area (Å²) in [6, 6.07) is 8.64. The molecule has 1 aromatic carbocycles. The highest BCUT2D eigenvalue weighted by molar-refractivity contribution is 7.98. The van der Waals surface area contributed by atoms with Crippen LogP contribution in [0, 0.1) is 5.92 Å². The Balaban J connectivity index is 2.28. The molecule has 2 rings (SSSR count). The second-order valence-electron chi connectivity index (χ2n) is 5.94. The molecule has 1 aliphatic heterocycles. The van der Waals surface area contributed by atoms with Gasteiger partial charge in [-0.2, -0.15) is 0 Å². The number of carbonyl (C=O) groups is 1. The summed E-state index contributed by atoms with van der Waals surface area (Å²) in [5, 5.41) is 3.44. The van der Waals surface area contributed by atoms with E-state index in [0.29, 0.717) is 5.92 Å². The monoisotopic (exact) mass is 306 g/mol. The van der Waals surface area contributed by atoms with Crippen molar-refractivity contribution < 1.29 is 4.79 Å². The van der Waals surface area contributed by atoms with Gasteiger partial charge in [-0.3, -0.25) is 10.1 Å². The zero-order valence-electron chi connectivity index (χ0n) is 13.6. The molecule has 1 aromatic rings. The van der Waals surface area contributed by atoms with Gasteiger partial charge < -0.3 is 4.90 Å². The first-order valence-corrected chi connectivity index (χ1v) is 8.94. The molecule has 1 amide bonds. The first-order valence-electron chi connectivity index (χ1n) is 7.71. The lowest BCUT2D eigenvalue weighted by Gasteiger charge is -2.34. The van der Waals surface area contributed by atoms with E-state index in [0.717, 1.165) is 6.42 Å². The minimum absolute atomic E-state index is 0.00703. The molecular weight excluding hydrogens is 280 g/mol. The number of hydrogen-bond donors (Lipinski definition) is 1. The van der Waals surface area contributed by atoms with Gasteiger partial charge in [-0.05, 0) is 43.7 Å². The molecule has 0 saturated carbocycles. The molecule has 4 unspecified atom stereocenters. The number of hydrogen-bond acceptors (Lipinski definition) is 3. The normalized spacial score (nSPS) is 25.2. The molecule has 1 saturated heterocycles. The number of nitrogens with one attached hydrogen (secondary N) is 1. The van der Waals surface area contributed by atoms with E-state index in [2.05, 4.69) is 56.6 Å². The van der Waals surface area contributed by atoms with Gasteiger partial charge in [0, 0.05) is 10.9 Å². The Morgan fingerprint density at radius 1 is 1.29 bits per heavy atom. The first-order chi connectivity index (χ1) is 9.99. The molecule has 0 spiro atoms. The van der Waals surface area contributed by atoms with Crippen LogP contribution < -0.4 is 5.32 Å². The van der Waals surface area contributed by atoms with Crippen LogP contribution in [0.2, 0.25) is 0 Å². The van der Waals surface area contributed by atoms with Gasteiger partial charge in [-0.1, -0.05) is 32.4 Å². The zero-order chi connectivity index (χ0) is 15.6. The molecule has 21 heavy (non-hydrogen) atoms. The predicted octanol–water partition coefficient (Wildman–Crippen LogP) is 3.66. The highest BCUT2D eigenvalue weighted by Gasteiger charge is 2.40. The maximum atomic E-state index is 12.5. The minimum atomic E-state index is -0.110. The van der Waals surface area contributed by atoms with Crippen molar-refractivity contribution >= 4 is 17.7 Å². The highest BCUT2D eigenvalue weighted by atomic mass is 32.2. The SMILES string of the molecule is CCC(C)C(C)N1C(=O)C(C)NC1c1ccc(SC)cc1. The number of benzene rings is 1. The summed E-state index contributed by atoms with van der Waals surface area (Å²) in [6.07, 6.45) is 3.15. The Morgan fingerprint density at radius 2 is 1.90 bits per heavy atom. The van der Waals surface area contributed by atoms with Crippen LogP contribution in [0.25, 0.3) is 0 Å². The Labute approximate surface area is 132 Å². The number of nitrogens with zero attached hydrogens (tertiary/aromatic N) is 1. The average Bonchev–Trinajstić information content (AvgIpc) is 2.81. The standard InChI is InChI=1S/C17H26N2OS/c1-6-11(2)13(4)19-16(18-12(3)17(19)20)14-7-9-15(21-5)10-8-14/h7-13,16,18H,6H2,1-5H3. The number of rotatable bonds is 5. The summed E-state index contributed by atoms with van der Waals surface area (Å²) in [6.45, 7) is 8.51. The Hall–Kier alpha value is -1.00. The molecule has 1 fully saturated rings. The Morgan fingerprint density at radius 3 is 2.43 bits per heavy atom. The van der Waals surface area contributed by atoms with E-state index in [4.69, 9.17) is 0 Å². The zero-order valence-corrected chi connectivity index (χ0v) is 14.4. The van der Waals surface area contributed by atoms with E-state index in [1.165, 1.54) is 10.5 Å². The summed E-state index contributed by atoms with van der Waals surface area (Å²) < 4.78 is 0. The van der Waals surface area contributed by atoms with E-state index in [9.17, 15) is 4.79 Å². The van der Waals surface area contributed by atoms with Crippen LogP contribution in [0.5, 0.6) is 0 Å². The molecule has 0 aromatic heterocycles. The lowest BCUT2D eigenvalue weighted by Crippen LogP contribution is -2.41. The molecule has 1 heterocycles. The third-order valence-electron chi connectivity index (χ3n) is 4.65. The van der Waals surface area contributed by atoms with Gasteiger partial charge in [0.05, 0.1) is 6.04 Å². The van der Waals surface area contributed by atoms with Crippen LogP contribution in [-0.4, -0.2) is 29.1 Å². The summed E-state index contributed by atoms with van der Waals surface area (Å²) in [4.78, 5) is 15.8. The summed E-state index contributed by atoms with van der Waals surface area (Å²) in [5.41, 5.74) is 1.17. The predicted molar refractivity (Wildman–Crippen MR) is 89.3 cm³/mol. The quantitative estimate of drug-likeness (QED) is 0.843. The van der Waals surface area contributed by atoms with E-state index in [1.807, 2.05) is 11.8 Å². The third-order valence-corrected chi connectivity index (χ3v) is 5.39. The van der Waals surface area contributed by atoms with Gasteiger partial charge in [0.25, 0.3) is 0 Å². The largest absolute Gasteiger partial charge is 0.319 e. The molecule has 0 aliphatic carbocycles. The van der Waals surface area contributed by atoms with Gasteiger partial charge in [0.2, 0.25) is 5.91 Å². The van der Waals surface area contributed by atoms with Crippen molar-refractivity contribution in [3.8, 4) is 0 Å². The third kappa shape index (κ3) is 3.27. The Kier molecular flexibility index (Phi) is 5.33. The Bertz CT molecular complexity index is 488. The van der Waals surface area contributed by atoms with E-state index < -0.39 is 0 Å². The molecule has 3 nitrogen and oxygen atoms in total. The van der Waals surface area contributed by atoms with Crippen molar-refractivity contribution in [2.45, 2.75) is 57.3 Å². The topological polar surface area (TPSA) is 32.3 Å². The molecule has 0 bridgehead atoms. The summed E-state index contributed by atoms with van der Waals surface area (Å²) >= 11 is 1.74. The van der Waals surface area contributed by atoms with Crippen molar-refractivity contribution in [3.63, 3.8) is 0 Å². The van der Waals surface area contributed by atoms with Gasteiger partial charge >= 0.3 is 0 Å². The fourth-order valence-corrected chi connectivity index (χ4v) is 3.24. The van der Waals surface area contributed by atoms with E-state index >= 15 is 0 Å². The number of carbonyl (C=O) groups excluding carboxylic acids is 1. The number of amides is 1. The second-order valence-corrected chi connectivity index (χ2v) is 6.82. The van der Waals surface area contributed by atoms with Crippen molar-refractivity contribution in [2.24, 2.45) is 5.92 Å². The van der Waals surface area contributed by atoms with Crippen molar-refractivity contribution in [2.75, 3.05) is 6.26 Å². The molecule has 116 valence electrons.